The molecule has 2 atom stereocenters. The zero-order valence-electron chi connectivity index (χ0n) is 16.3. The second-order valence-electron chi connectivity index (χ2n) is 7.51. The fourth-order valence-electron chi connectivity index (χ4n) is 3.93. The first kappa shape index (κ1) is 20.9. The van der Waals surface area contributed by atoms with Crippen molar-refractivity contribution in [2.24, 2.45) is 0 Å². The van der Waals surface area contributed by atoms with Crippen LogP contribution in [0.15, 0.2) is 29.3 Å². The van der Waals surface area contributed by atoms with Gasteiger partial charge in [0.1, 0.15) is 11.9 Å². The highest BCUT2D eigenvalue weighted by Crippen LogP contribution is 2.35. The maximum atomic E-state index is 13.9. The highest BCUT2D eigenvalue weighted by atomic mass is 35.5. The number of anilines is 2. The van der Waals surface area contributed by atoms with E-state index in [9.17, 15) is 18.0 Å². The summed E-state index contributed by atoms with van der Waals surface area (Å²) in [5.74, 6) is 0.365. The van der Waals surface area contributed by atoms with Gasteiger partial charge >= 0.3 is 6.18 Å². The van der Waals surface area contributed by atoms with Gasteiger partial charge in [-0.3, -0.25) is 14.3 Å². The largest absolute Gasteiger partial charge is 0.408 e. The van der Waals surface area contributed by atoms with E-state index < -0.39 is 12.2 Å². The first-order chi connectivity index (χ1) is 14.2. The smallest absolute Gasteiger partial charge is 0.377 e. The van der Waals surface area contributed by atoms with Gasteiger partial charge in [0.25, 0.3) is 5.56 Å². The summed E-state index contributed by atoms with van der Waals surface area (Å²) in [6.07, 6.45) is -1.84. The molecule has 2 aromatic rings. The molecule has 0 aromatic carbocycles. The summed E-state index contributed by atoms with van der Waals surface area (Å²) in [4.78, 5) is 24.3. The number of alkyl halides is 3. The van der Waals surface area contributed by atoms with Gasteiger partial charge in [-0.2, -0.15) is 18.2 Å². The summed E-state index contributed by atoms with van der Waals surface area (Å²) in [7, 11) is 0. The van der Waals surface area contributed by atoms with Gasteiger partial charge in [-0.25, -0.2) is 0 Å². The first-order valence-electron chi connectivity index (χ1n) is 9.63. The van der Waals surface area contributed by atoms with Gasteiger partial charge in [0.15, 0.2) is 0 Å². The Morgan fingerprint density at radius 1 is 1.27 bits per heavy atom. The highest BCUT2D eigenvalue weighted by molar-refractivity contribution is 6.30. The van der Waals surface area contributed by atoms with Crippen LogP contribution in [0.5, 0.6) is 0 Å². The molecule has 0 radical (unpaired) electrons. The number of pyridine rings is 1. The van der Waals surface area contributed by atoms with Crippen molar-refractivity contribution in [2.75, 3.05) is 29.6 Å². The number of halogens is 4. The van der Waals surface area contributed by atoms with Gasteiger partial charge in [0, 0.05) is 38.1 Å². The number of hydrogen-bond donors (Lipinski definition) is 0. The van der Waals surface area contributed by atoms with Gasteiger partial charge in [-0.15, -0.1) is 0 Å². The van der Waals surface area contributed by atoms with E-state index in [1.54, 1.807) is 6.07 Å². The average Bonchev–Trinajstić information content (AvgIpc) is 2.68. The van der Waals surface area contributed by atoms with Crippen molar-refractivity contribution in [3.05, 3.63) is 45.5 Å². The molecule has 2 aliphatic heterocycles. The van der Waals surface area contributed by atoms with E-state index in [4.69, 9.17) is 16.3 Å². The van der Waals surface area contributed by atoms with Gasteiger partial charge in [0.05, 0.1) is 24.3 Å². The van der Waals surface area contributed by atoms with Crippen molar-refractivity contribution in [1.82, 2.24) is 14.5 Å². The molecule has 0 saturated carbocycles. The molecule has 2 aromatic heterocycles. The van der Waals surface area contributed by atoms with Crippen LogP contribution in [-0.2, 0) is 17.8 Å². The van der Waals surface area contributed by atoms with E-state index in [1.807, 2.05) is 11.8 Å². The molecule has 0 aliphatic carbocycles. The molecular weight excluding hydrogens is 423 g/mol. The standard InChI is InChI=1S/C19H21ClF3N5O2/c1-12-11-30-5-4-26(12)16-7-17(29)27-3-2-15(19(21,22)23)28(18(27)25-16)10-13-6-14(20)9-24-8-13/h6-9,12,15H,2-5,10-11H2,1H3/t12-,15-/m1/s1. The van der Waals surface area contributed by atoms with Gasteiger partial charge in [-0.05, 0) is 25.0 Å². The van der Waals surface area contributed by atoms with E-state index >= 15 is 0 Å². The normalized spacial score (nSPS) is 22.2. The SMILES string of the molecule is C[C@@H]1COCCN1c1cc(=O)n2c(n1)N(Cc1cncc(Cl)c1)[C@@H](C(F)(F)F)CC2. The molecule has 7 nitrogen and oxygen atoms in total. The minimum atomic E-state index is -4.47. The second-order valence-corrected chi connectivity index (χ2v) is 7.94. The number of rotatable bonds is 3. The lowest BCUT2D eigenvalue weighted by Crippen LogP contribution is -2.52. The number of hydrogen-bond acceptors (Lipinski definition) is 6. The molecule has 0 spiro atoms. The van der Waals surface area contributed by atoms with Crippen molar-refractivity contribution in [1.29, 1.82) is 0 Å². The Morgan fingerprint density at radius 2 is 2.07 bits per heavy atom. The third-order valence-corrected chi connectivity index (χ3v) is 5.59. The molecule has 30 heavy (non-hydrogen) atoms. The summed E-state index contributed by atoms with van der Waals surface area (Å²) in [5.41, 5.74) is 0.133. The van der Waals surface area contributed by atoms with E-state index in [2.05, 4.69) is 9.97 Å². The number of morpholine rings is 1. The molecule has 0 amide bonds. The molecule has 0 unspecified atom stereocenters. The Labute approximate surface area is 176 Å². The number of nitrogens with zero attached hydrogens (tertiary/aromatic N) is 5. The van der Waals surface area contributed by atoms with Gasteiger partial charge in [0.2, 0.25) is 5.95 Å². The Kier molecular flexibility index (Phi) is 5.63. The van der Waals surface area contributed by atoms with E-state index in [0.29, 0.717) is 36.2 Å². The maximum absolute atomic E-state index is 13.9. The Balaban J connectivity index is 1.79. The molecule has 1 saturated heterocycles. The molecule has 2 aliphatic rings. The number of fused-ring (bicyclic) bond motifs is 1. The van der Waals surface area contributed by atoms with E-state index in [0.717, 1.165) is 4.90 Å². The number of ether oxygens (including phenoxy) is 1. The summed E-state index contributed by atoms with van der Waals surface area (Å²) >= 11 is 5.96. The van der Waals surface area contributed by atoms with Crippen molar-refractivity contribution >= 4 is 23.4 Å². The molecule has 0 bridgehead atoms. The summed E-state index contributed by atoms with van der Waals surface area (Å²) in [6, 6.07) is 1.15. The monoisotopic (exact) mass is 443 g/mol. The van der Waals surface area contributed by atoms with Crippen LogP contribution in [0, 0.1) is 0 Å². The second kappa shape index (κ2) is 8.07. The average molecular weight is 444 g/mol. The zero-order valence-corrected chi connectivity index (χ0v) is 17.0. The van der Waals surface area contributed by atoms with Crippen molar-refractivity contribution in [3.8, 4) is 0 Å². The number of aromatic nitrogens is 3. The predicted molar refractivity (Wildman–Crippen MR) is 106 cm³/mol. The molecule has 4 rings (SSSR count). The first-order valence-corrected chi connectivity index (χ1v) is 10.0. The summed E-state index contributed by atoms with van der Waals surface area (Å²) < 4.78 is 48.3. The Bertz CT molecular complexity index is 983. The van der Waals surface area contributed by atoms with Gasteiger partial charge in [-0.1, -0.05) is 11.6 Å². The van der Waals surface area contributed by atoms with Crippen molar-refractivity contribution in [2.45, 2.75) is 44.7 Å². The van der Waals surface area contributed by atoms with E-state index in [1.165, 1.54) is 23.0 Å². The maximum Gasteiger partial charge on any atom is 0.408 e. The van der Waals surface area contributed by atoms with Crippen LogP contribution >= 0.6 is 11.6 Å². The van der Waals surface area contributed by atoms with Gasteiger partial charge < -0.3 is 14.5 Å². The third-order valence-electron chi connectivity index (χ3n) is 5.39. The topological polar surface area (TPSA) is 63.5 Å². The predicted octanol–water partition coefficient (Wildman–Crippen LogP) is 2.86. The Morgan fingerprint density at radius 3 is 2.77 bits per heavy atom. The summed E-state index contributed by atoms with van der Waals surface area (Å²) in [5, 5.41) is 0.328. The molecule has 162 valence electrons. The fraction of sp³-hybridized carbons (Fsp3) is 0.526. The lowest BCUT2D eigenvalue weighted by molar-refractivity contribution is -0.153. The fourth-order valence-corrected chi connectivity index (χ4v) is 4.13. The third kappa shape index (κ3) is 4.11. The van der Waals surface area contributed by atoms with Crippen LogP contribution in [0.1, 0.15) is 18.9 Å². The van der Waals surface area contributed by atoms with Crippen LogP contribution in [0.25, 0.3) is 0 Å². The molecule has 11 heteroatoms. The summed E-state index contributed by atoms with van der Waals surface area (Å²) in [6.45, 7) is 3.20. The van der Waals surface area contributed by atoms with Crippen molar-refractivity contribution in [3.63, 3.8) is 0 Å². The minimum absolute atomic E-state index is 0.00439. The zero-order chi connectivity index (χ0) is 21.5. The molecule has 4 heterocycles. The molecule has 1 fully saturated rings. The highest BCUT2D eigenvalue weighted by Gasteiger charge is 2.47. The van der Waals surface area contributed by atoms with Crippen molar-refractivity contribution < 1.29 is 17.9 Å². The van der Waals surface area contributed by atoms with Crippen LogP contribution < -0.4 is 15.4 Å². The van der Waals surface area contributed by atoms with Crippen LogP contribution in [-0.4, -0.2) is 52.6 Å². The van der Waals surface area contributed by atoms with E-state index in [-0.39, 0.29) is 37.1 Å². The minimum Gasteiger partial charge on any atom is -0.377 e. The molecule has 0 N–H and O–H groups in total. The Hall–Kier alpha value is -2.33. The lowest BCUT2D eigenvalue weighted by Gasteiger charge is -2.40. The quantitative estimate of drug-likeness (QED) is 0.727. The van der Waals surface area contributed by atoms with Crippen LogP contribution in [0.2, 0.25) is 5.02 Å². The molecular formula is C19H21ClF3N5O2. The van der Waals surface area contributed by atoms with Crippen LogP contribution in [0.4, 0.5) is 24.9 Å². The van der Waals surface area contributed by atoms with Crippen LogP contribution in [0.3, 0.4) is 0 Å². The lowest BCUT2D eigenvalue weighted by atomic mass is 10.1.